The molecule has 0 aromatic heterocycles. The zero-order valence-corrected chi connectivity index (χ0v) is 13.7. The van der Waals surface area contributed by atoms with Crippen molar-refractivity contribution in [2.24, 2.45) is 0 Å². The van der Waals surface area contributed by atoms with Crippen LogP contribution in [0.25, 0.3) is 0 Å². The van der Waals surface area contributed by atoms with E-state index in [0.29, 0.717) is 26.2 Å². The van der Waals surface area contributed by atoms with Crippen LogP contribution in [0.4, 0.5) is 4.39 Å². The second-order valence-corrected chi connectivity index (χ2v) is 6.39. The van der Waals surface area contributed by atoms with E-state index in [1.165, 1.54) is 12.1 Å². The van der Waals surface area contributed by atoms with E-state index in [1.54, 1.807) is 29.0 Å². The maximum atomic E-state index is 13.0. The summed E-state index contributed by atoms with van der Waals surface area (Å²) in [7, 11) is 1.71. The van der Waals surface area contributed by atoms with Crippen LogP contribution in [0.15, 0.2) is 24.3 Å². The van der Waals surface area contributed by atoms with Crippen LogP contribution >= 0.6 is 0 Å². The Balaban J connectivity index is 1.67. The van der Waals surface area contributed by atoms with Crippen molar-refractivity contribution in [1.29, 1.82) is 0 Å². The van der Waals surface area contributed by atoms with Gasteiger partial charge >= 0.3 is 0 Å². The van der Waals surface area contributed by atoms with E-state index in [9.17, 15) is 14.0 Å². The second-order valence-electron chi connectivity index (χ2n) is 6.39. The van der Waals surface area contributed by atoms with Gasteiger partial charge in [-0.25, -0.2) is 4.39 Å². The van der Waals surface area contributed by atoms with Crippen molar-refractivity contribution < 1.29 is 23.5 Å². The fourth-order valence-corrected chi connectivity index (χ4v) is 3.13. The van der Waals surface area contributed by atoms with Gasteiger partial charge in [0.15, 0.2) is 0 Å². The average molecular weight is 336 g/mol. The molecule has 2 aliphatic heterocycles. The number of hydrogen-bond donors (Lipinski definition) is 0. The third-order valence-corrected chi connectivity index (χ3v) is 4.41. The lowest BCUT2D eigenvalue weighted by molar-refractivity contribution is -0.160. The number of morpholine rings is 1. The molecule has 2 aliphatic rings. The molecule has 1 aromatic rings. The van der Waals surface area contributed by atoms with Gasteiger partial charge in [0.05, 0.1) is 32.7 Å². The molecule has 3 rings (SSSR count). The summed E-state index contributed by atoms with van der Waals surface area (Å²) in [6.45, 7) is 1.99. The Morgan fingerprint density at radius 3 is 2.79 bits per heavy atom. The summed E-state index contributed by atoms with van der Waals surface area (Å²) in [5.74, 6) is -0.451. The van der Waals surface area contributed by atoms with Crippen LogP contribution < -0.4 is 0 Å². The first-order chi connectivity index (χ1) is 11.5. The summed E-state index contributed by atoms with van der Waals surface area (Å²) in [4.78, 5) is 27.6. The van der Waals surface area contributed by atoms with Crippen molar-refractivity contribution in [3.05, 3.63) is 35.6 Å². The lowest BCUT2D eigenvalue weighted by atomic mass is 10.0. The number of rotatable bonds is 2. The van der Waals surface area contributed by atoms with Gasteiger partial charge in [-0.1, -0.05) is 12.1 Å². The van der Waals surface area contributed by atoms with Crippen LogP contribution in [0.3, 0.4) is 0 Å². The highest BCUT2D eigenvalue weighted by atomic mass is 19.1. The van der Waals surface area contributed by atoms with Crippen LogP contribution in [-0.2, 0) is 25.5 Å². The molecule has 1 spiro atoms. The van der Waals surface area contributed by atoms with Crippen LogP contribution in [0.2, 0.25) is 0 Å². The minimum absolute atomic E-state index is 0.0329. The van der Waals surface area contributed by atoms with Crippen molar-refractivity contribution >= 4 is 11.8 Å². The first-order valence-electron chi connectivity index (χ1n) is 7.95. The number of halogens is 1. The van der Waals surface area contributed by atoms with Gasteiger partial charge in [0.1, 0.15) is 18.0 Å². The number of ether oxygens (including phenoxy) is 2. The molecule has 1 atom stereocenters. The molecule has 2 amide bonds. The Bertz CT molecular complexity index is 622. The maximum absolute atomic E-state index is 13.0. The molecule has 2 saturated heterocycles. The topological polar surface area (TPSA) is 59.1 Å². The summed E-state index contributed by atoms with van der Waals surface area (Å²) >= 11 is 0. The van der Waals surface area contributed by atoms with Gasteiger partial charge < -0.3 is 19.3 Å². The van der Waals surface area contributed by atoms with Crippen LogP contribution in [0.1, 0.15) is 5.56 Å². The van der Waals surface area contributed by atoms with Crippen LogP contribution in [-0.4, -0.2) is 73.7 Å². The number of benzene rings is 1. The van der Waals surface area contributed by atoms with Crippen LogP contribution in [0, 0.1) is 5.82 Å². The van der Waals surface area contributed by atoms with Crippen molar-refractivity contribution in [3.63, 3.8) is 0 Å². The molecular weight excluding hydrogens is 315 g/mol. The van der Waals surface area contributed by atoms with Gasteiger partial charge in [0.2, 0.25) is 11.8 Å². The number of amides is 2. The van der Waals surface area contributed by atoms with Gasteiger partial charge in [-0.05, 0) is 17.7 Å². The molecule has 0 aliphatic carbocycles. The molecule has 7 heteroatoms. The van der Waals surface area contributed by atoms with Crippen molar-refractivity contribution in [2.75, 3.05) is 46.5 Å². The SMILES string of the molecule is CN1CC2(COCC1=O)CN(C(=O)Cc1ccc(F)cc1)CCO2. The number of carbonyl (C=O) groups is 2. The molecule has 130 valence electrons. The zero-order valence-electron chi connectivity index (χ0n) is 13.7. The second kappa shape index (κ2) is 6.86. The molecule has 24 heavy (non-hydrogen) atoms. The van der Waals surface area contributed by atoms with E-state index in [2.05, 4.69) is 0 Å². The van der Waals surface area contributed by atoms with E-state index in [4.69, 9.17) is 9.47 Å². The van der Waals surface area contributed by atoms with E-state index >= 15 is 0 Å². The highest BCUT2D eigenvalue weighted by molar-refractivity contribution is 5.79. The fourth-order valence-electron chi connectivity index (χ4n) is 3.13. The van der Waals surface area contributed by atoms with Gasteiger partial charge in [-0.2, -0.15) is 0 Å². The Hall–Kier alpha value is -1.99. The van der Waals surface area contributed by atoms with E-state index in [-0.39, 0.29) is 37.3 Å². The summed E-state index contributed by atoms with van der Waals surface area (Å²) < 4.78 is 24.3. The molecule has 2 heterocycles. The summed E-state index contributed by atoms with van der Waals surface area (Å²) in [5, 5.41) is 0. The first kappa shape index (κ1) is 16.9. The Kier molecular flexibility index (Phi) is 4.82. The minimum Gasteiger partial charge on any atom is -0.368 e. The number of carbonyl (C=O) groups excluding carboxylic acids is 2. The fraction of sp³-hybridized carbons (Fsp3) is 0.529. The normalized spacial score (nSPS) is 25.0. The molecule has 0 bridgehead atoms. The lowest BCUT2D eigenvalue weighted by Gasteiger charge is -2.42. The first-order valence-corrected chi connectivity index (χ1v) is 7.95. The standard InChI is InChI=1S/C17H21FN2O4/c1-19-10-17(12-23-9-16(19)22)11-20(6-7-24-17)15(21)8-13-2-4-14(18)5-3-13/h2-5H,6-12H2,1H3. The molecule has 0 radical (unpaired) electrons. The monoisotopic (exact) mass is 336 g/mol. The van der Waals surface area contributed by atoms with Crippen LogP contribution in [0.5, 0.6) is 0 Å². The molecule has 1 aromatic carbocycles. The maximum Gasteiger partial charge on any atom is 0.248 e. The molecule has 2 fully saturated rings. The largest absolute Gasteiger partial charge is 0.368 e. The lowest BCUT2D eigenvalue weighted by Crippen LogP contribution is -2.59. The molecule has 1 unspecified atom stereocenters. The Labute approximate surface area is 140 Å². The molecular formula is C17H21FN2O4. The molecule has 6 nitrogen and oxygen atoms in total. The predicted molar refractivity (Wildman–Crippen MR) is 83.8 cm³/mol. The molecule has 0 N–H and O–H groups in total. The zero-order chi connectivity index (χ0) is 17.2. The van der Waals surface area contributed by atoms with Gasteiger partial charge in [-0.3, -0.25) is 9.59 Å². The highest BCUT2D eigenvalue weighted by Gasteiger charge is 2.42. The van der Waals surface area contributed by atoms with Crippen molar-refractivity contribution in [2.45, 2.75) is 12.0 Å². The number of likely N-dealkylation sites (N-methyl/N-ethyl adjacent to an activating group) is 1. The average Bonchev–Trinajstić information content (AvgIpc) is 2.69. The smallest absolute Gasteiger partial charge is 0.248 e. The summed E-state index contributed by atoms with van der Waals surface area (Å²) in [6, 6.07) is 5.93. The number of hydrogen-bond acceptors (Lipinski definition) is 4. The Morgan fingerprint density at radius 2 is 2.04 bits per heavy atom. The van der Waals surface area contributed by atoms with Gasteiger partial charge in [0, 0.05) is 13.6 Å². The predicted octanol–water partition coefficient (Wildman–Crippen LogP) is 0.454. The highest BCUT2D eigenvalue weighted by Crippen LogP contribution is 2.23. The summed E-state index contributed by atoms with van der Waals surface area (Å²) in [6.07, 6.45) is 0.214. The van der Waals surface area contributed by atoms with Gasteiger partial charge in [0.25, 0.3) is 0 Å². The van der Waals surface area contributed by atoms with E-state index in [1.807, 2.05) is 0 Å². The third-order valence-electron chi connectivity index (χ3n) is 4.41. The van der Waals surface area contributed by atoms with E-state index in [0.717, 1.165) is 5.56 Å². The van der Waals surface area contributed by atoms with Crippen molar-refractivity contribution in [3.8, 4) is 0 Å². The quantitative estimate of drug-likeness (QED) is 0.787. The minimum atomic E-state index is -0.683. The van der Waals surface area contributed by atoms with Gasteiger partial charge in [-0.15, -0.1) is 0 Å². The Morgan fingerprint density at radius 1 is 1.29 bits per heavy atom. The molecule has 0 saturated carbocycles. The van der Waals surface area contributed by atoms with E-state index < -0.39 is 5.60 Å². The number of nitrogens with zero attached hydrogens (tertiary/aromatic N) is 2. The van der Waals surface area contributed by atoms with Crippen molar-refractivity contribution in [1.82, 2.24) is 9.80 Å². The summed E-state index contributed by atoms with van der Waals surface area (Å²) in [5.41, 5.74) is 0.0869. The third kappa shape index (κ3) is 3.73.